The number of hydrogen-bond acceptors (Lipinski definition) is 3. The van der Waals surface area contributed by atoms with Crippen LogP contribution in [0.3, 0.4) is 0 Å². The Labute approximate surface area is 125 Å². The van der Waals surface area contributed by atoms with Gasteiger partial charge < -0.3 is 5.32 Å². The highest BCUT2D eigenvalue weighted by molar-refractivity contribution is 4.95. The molecule has 3 heteroatoms. The Morgan fingerprint density at radius 2 is 1.85 bits per heavy atom. The summed E-state index contributed by atoms with van der Waals surface area (Å²) in [6, 6.07) is 1.76. The molecule has 1 aliphatic carbocycles. The lowest BCUT2D eigenvalue weighted by molar-refractivity contribution is -0.0175. The van der Waals surface area contributed by atoms with Crippen molar-refractivity contribution in [2.75, 3.05) is 39.3 Å². The first-order valence-corrected chi connectivity index (χ1v) is 8.93. The summed E-state index contributed by atoms with van der Waals surface area (Å²) >= 11 is 0. The van der Waals surface area contributed by atoms with E-state index in [0.717, 1.165) is 23.9 Å². The molecule has 0 bridgehead atoms. The standard InChI is InChI=1S/C17H33N3/c1-14(2)11-18-12-15-6-7-17(15)20-10-9-19-8-4-3-5-16(19)13-20/h14-18H,3-13H2,1-2H3. The molecular formula is C17H33N3. The van der Waals surface area contributed by atoms with E-state index >= 15 is 0 Å². The van der Waals surface area contributed by atoms with Crippen LogP contribution in [0.15, 0.2) is 0 Å². The molecule has 0 aromatic rings. The van der Waals surface area contributed by atoms with Crippen molar-refractivity contribution in [1.29, 1.82) is 0 Å². The molecule has 0 spiro atoms. The zero-order chi connectivity index (χ0) is 13.9. The van der Waals surface area contributed by atoms with Gasteiger partial charge in [-0.15, -0.1) is 0 Å². The number of fused-ring (bicyclic) bond motifs is 1. The minimum absolute atomic E-state index is 0.777. The average Bonchev–Trinajstić information content (AvgIpc) is 2.42. The molecule has 2 aliphatic heterocycles. The summed E-state index contributed by atoms with van der Waals surface area (Å²) in [5.74, 6) is 1.70. The van der Waals surface area contributed by atoms with E-state index in [0.29, 0.717) is 0 Å². The molecule has 1 saturated carbocycles. The van der Waals surface area contributed by atoms with E-state index in [4.69, 9.17) is 0 Å². The van der Waals surface area contributed by atoms with Crippen molar-refractivity contribution >= 4 is 0 Å². The molecule has 0 radical (unpaired) electrons. The maximum Gasteiger partial charge on any atom is 0.0223 e. The summed E-state index contributed by atoms with van der Waals surface area (Å²) in [4.78, 5) is 5.59. The molecule has 0 aromatic carbocycles. The van der Waals surface area contributed by atoms with Crippen molar-refractivity contribution < 1.29 is 0 Å². The first kappa shape index (κ1) is 14.8. The predicted octanol–water partition coefficient (Wildman–Crippen LogP) is 2.18. The van der Waals surface area contributed by atoms with Crippen LogP contribution < -0.4 is 5.32 Å². The highest BCUT2D eigenvalue weighted by atomic mass is 15.3. The molecule has 2 saturated heterocycles. The van der Waals surface area contributed by atoms with Gasteiger partial charge in [0.15, 0.2) is 0 Å². The van der Waals surface area contributed by atoms with Gasteiger partial charge in [-0.2, -0.15) is 0 Å². The van der Waals surface area contributed by atoms with Crippen LogP contribution in [0, 0.1) is 11.8 Å². The van der Waals surface area contributed by atoms with E-state index in [1.165, 1.54) is 71.4 Å². The number of nitrogens with zero attached hydrogens (tertiary/aromatic N) is 2. The van der Waals surface area contributed by atoms with E-state index in [1.807, 2.05) is 0 Å². The third-order valence-electron chi connectivity index (χ3n) is 5.67. The summed E-state index contributed by atoms with van der Waals surface area (Å²) in [5.41, 5.74) is 0. The largest absolute Gasteiger partial charge is 0.316 e. The van der Waals surface area contributed by atoms with Crippen LogP contribution in [0.5, 0.6) is 0 Å². The monoisotopic (exact) mass is 279 g/mol. The second-order valence-electron chi connectivity index (χ2n) is 7.64. The first-order chi connectivity index (χ1) is 9.74. The number of nitrogens with one attached hydrogen (secondary N) is 1. The lowest BCUT2D eigenvalue weighted by atomic mass is 9.77. The second-order valence-corrected chi connectivity index (χ2v) is 7.64. The molecule has 3 fully saturated rings. The van der Waals surface area contributed by atoms with E-state index in [9.17, 15) is 0 Å². The van der Waals surface area contributed by atoms with Crippen molar-refractivity contribution in [2.24, 2.45) is 11.8 Å². The van der Waals surface area contributed by atoms with Gasteiger partial charge in [0.1, 0.15) is 0 Å². The molecule has 116 valence electrons. The van der Waals surface area contributed by atoms with Gasteiger partial charge in [0, 0.05) is 31.7 Å². The van der Waals surface area contributed by atoms with Gasteiger partial charge in [-0.25, -0.2) is 0 Å². The predicted molar refractivity (Wildman–Crippen MR) is 85.0 cm³/mol. The van der Waals surface area contributed by atoms with E-state index in [-0.39, 0.29) is 0 Å². The molecule has 20 heavy (non-hydrogen) atoms. The van der Waals surface area contributed by atoms with Crippen LogP contribution in [-0.2, 0) is 0 Å². The average molecular weight is 279 g/mol. The summed E-state index contributed by atoms with van der Waals surface area (Å²) in [6.45, 7) is 12.4. The topological polar surface area (TPSA) is 18.5 Å². The van der Waals surface area contributed by atoms with E-state index in [2.05, 4.69) is 29.0 Å². The Balaban J connectivity index is 1.44. The van der Waals surface area contributed by atoms with Crippen molar-refractivity contribution in [3.8, 4) is 0 Å². The Bertz CT molecular complexity index is 305. The molecule has 1 N–H and O–H groups in total. The lowest BCUT2D eigenvalue weighted by Gasteiger charge is -2.51. The van der Waals surface area contributed by atoms with Crippen molar-refractivity contribution in [1.82, 2.24) is 15.1 Å². The van der Waals surface area contributed by atoms with E-state index < -0.39 is 0 Å². The lowest BCUT2D eigenvalue weighted by Crippen LogP contribution is -2.61. The third kappa shape index (κ3) is 3.37. The summed E-state index contributed by atoms with van der Waals surface area (Å²) in [6.07, 6.45) is 7.22. The number of hydrogen-bond donors (Lipinski definition) is 1. The van der Waals surface area contributed by atoms with Gasteiger partial charge in [-0.3, -0.25) is 9.80 Å². The fraction of sp³-hybridized carbons (Fsp3) is 1.00. The number of piperazine rings is 1. The van der Waals surface area contributed by atoms with Crippen molar-refractivity contribution in [3.63, 3.8) is 0 Å². The molecule has 3 atom stereocenters. The molecular weight excluding hydrogens is 246 g/mol. The smallest absolute Gasteiger partial charge is 0.0223 e. The molecule has 2 heterocycles. The third-order valence-corrected chi connectivity index (χ3v) is 5.67. The first-order valence-electron chi connectivity index (χ1n) is 8.93. The minimum atomic E-state index is 0.777. The zero-order valence-corrected chi connectivity index (χ0v) is 13.5. The summed E-state index contributed by atoms with van der Waals surface area (Å²) in [5, 5.41) is 3.68. The Hall–Kier alpha value is -0.120. The number of rotatable bonds is 5. The zero-order valence-electron chi connectivity index (χ0n) is 13.5. The fourth-order valence-corrected chi connectivity index (χ4v) is 4.31. The quantitative estimate of drug-likeness (QED) is 0.832. The molecule has 3 aliphatic rings. The van der Waals surface area contributed by atoms with Crippen LogP contribution >= 0.6 is 0 Å². The molecule has 0 aromatic heterocycles. The van der Waals surface area contributed by atoms with Crippen LogP contribution in [0.2, 0.25) is 0 Å². The molecule has 0 amide bonds. The van der Waals surface area contributed by atoms with Crippen LogP contribution in [-0.4, -0.2) is 61.2 Å². The minimum Gasteiger partial charge on any atom is -0.316 e. The van der Waals surface area contributed by atoms with Crippen molar-refractivity contribution in [2.45, 2.75) is 58.0 Å². The normalized spacial score (nSPS) is 35.9. The van der Waals surface area contributed by atoms with Gasteiger partial charge >= 0.3 is 0 Å². The van der Waals surface area contributed by atoms with Gasteiger partial charge in [0.25, 0.3) is 0 Å². The highest BCUT2D eigenvalue weighted by Gasteiger charge is 2.39. The van der Waals surface area contributed by atoms with Gasteiger partial charge in [-0.1, -0.05) is 20.3 Å². The van der Waals surface area contributed by atoms with Crippen molar-refractivity contribution in [3.05, 3.63) is 0 Å². The SMILES string of the molecule is CC(C)CNCC1CCC1N1CCN2CCCCC2C1. The molecule has 3 unspecified atom stereocenters. The van der Waals surface area contributed by atoms with Gasteiger partial charge in [-0.05, 0) is 57.2 Å². The Morgan fingerprint density at radius 3 is 2.60 bits per heavy atom. The molecule has 3 rings (SSSR count). The Morgan fingerprint density at radius 1 is 1.00 bits per heavy atom. The second kappa shape index (κ2) is 6.76. The van der Waals surface area contributed by atoms with Crippen LogP contribution in [0.25, 0.3) is 0 Å². The maximum atomic E-state index is 3.68. The van der Waals surface area contributed by atoms with E-state index in [1.54, 1.807) is 0 Å². The Kier molecular flexibility index (Phi) is 5.00. The number of piperidine rings is 1. The van der Waals surface area contributed by atoms with Crippen LogP contribution in [0.4, 0.5) is 0 Å². The highest BCUT2D eigenvalue weighted by Crippen LogP contribution is 2.34. The van der Waals surface area contributed by atoms with Crippen LogP contribution in [0.1, 0.15) is 46.0 Å². The summed E-state index contributed by atoms with van der Waals surface area (Å²) in [7, 11) is 0. The summed E-state index contributed by atoms with van der Waals surface area (Å²) < 4.78 is 0. The molecule has 3 nitrogen and oxygen atoms in total. The van der Waals surface area contributed by atoms with Gasteiger partial charge in [0.2, 0.25) is 0 Å². The van der Waals surface area contributed by atoms with Gasteiger partial charge in [0.05, 0.1) is 0 Å². The maximum absolute atomic E-state index is 3.68. The fourth-order valence-electron chi connectivity index (χ4n) is 4.31.